The smallest absolute Gasteiger partial charge is 0.229 e. The summed E-state index contributed by atoms with van der Waals surface area (Å²) in [5.74, 6) is 1.15. The predicted octanol–water partition coefficient (Wildman–Crippen LogP) is 3.41. The van der Waals surface area contributed by atoms with Gasteiger partial charge in [0.25, 0.3) is 0 Å². The van der Waals surface area contributed by atoms with E-state index in [4.69, 9.17) is 0 Å². The molecule has 4 aromatic rings. The maximum atomic E-state index is 10.6. The topological polar surface area (TPSA) is 112 Å². The minimum Gasteiger partial charge on any atom is -0.359 e. The maximum Gasteiger partial charge on any atom is 0.229 e. The molecule has 4 N–H and O–H groups in total. The summed E-state index contributed by atoms with van der Waals surface area (Å²) in [5, 5.41) is 7.64. The van der Waals surface area contributed by atoms with Crippen molar-refractivity contribution in [2.75, 3.05) is 17.2 Å². The third-order valence-corrected chi connectivity index (χ3v) is 5.00. The van der Waals surface area contributed by atoms with Crippen LogP contribution < -0.4 is 15.4 Å². The van der Waals surface area contributed by atoms with E-state index in [1.807, 2.05) is 49.4 Å². The molecule has 0 aliphatic heterocycles. The van der Waals surface area contributed by atoms with E-state index in [1.54, 1.807) is 6.20 Å². The second kappa shape index (κ2) is 8.93. The van der Waals surface area contributed by atoms with Gasteiger partial charge in [-0.05, 0) is 61.4 Å². The van der Waals surface area contributed by atoms with Crippen molar-refractivity contribution in [3.8, 4) is 0 Å². The van der Waals surface area contributed by atoms with Gasteiger partial charge >= 0.3 is 0 Å². The summed E-state index contributed by atoms with van der Waals surface area (Å²) in [5.41, 5.74) is 5.00. The number of hydrogen-bond acceptors (Lipinski definition) is 6. The lowest BCUT2D eigenvalue weighted by atomic mass is 10.1. The Balaban J connectivity index is 1.45. The number of aryl methyl sites for hydroxylation is 1. The summed E-state index contributed by atoms with van der Waals surface area (Å²) < 4.78 is 23.6. The van der Waals surface area contributed by atoms with Crippen LogP contribution in [-0.2, 0) is 17.3 Å². The van der Waals surface area contributed by atoms with Crippen molar-refractivity contribution in [2.45, 2.75) is 13.3 Å². The van der Waals surface area contributed by atoms with Gasteiger partial charge in [-0.3, -0.25) is 0 Å². The molecule has 30 heavy (non-hydrogen) atoms. The lowest BCUT2D eigenvalue weighted by Crippen LogP contribution is -2.14. The Hall–Kier alpha value is -3.43. The first-order valence-electron chi connectivity index (χ1n) is 9.48. The quantitative estimate of drug-likeness (QED) is 0.278. The van der Waals surface area contributed by atoms with Crippen LogP contribution in [0.2, 0.25) is 0 Å². The molecule has 2 aromatic heterocycles. The zero-order chi connectivity index (χ0) is 20.9. The molecule has 0 saturated carbocycles. The van der Waals surface area contributed by atoms with Crippen LogP contribution in [0.1, 0.15) is 11.3 Å². The summed E-state index contributed by atoms with van der Waals surface area (Å²) in [7, 11) is -2.57. The van der Waals surface area contributed by atoms with Crippen molar-refractivity contribution < 1.29 is 8.42 Å². The fraction of sp³-hybridized carbons (Fsp3) is 0.143. The van der Waals surface area contributed by atoms with E-state index < -0.39 is 10.9 Å². The van der Waals surface area contributed by atoms with Gasteiger partial charge in [0, 0.05) is 40.7 Å². The molecule has 0 radical (unpaired) electrons. The molecule has 0 atom stereocenters. The molecule has 154 valence electrons. The maximum absolute atomic E-state index is 10.6. The molecule has 0 saturated heterocycles. The highest BCUT2D eigenvalue weighted by Crippen LogP contribution is 2.23. The first kappa shape index (κ1) is 19.9. The highest BCUT2D eigenvalue weighted by molar-refractivity contribution is 7.70. The van der Waals surface area contributed by atoms with E-state index in [-0.39, 0.29) is 0 Å². The van der Waals surface area contributed by atoms with Crippen molar-refractivity contribution in [3.63, 3.8) is 0 Å². The van der Waals surface area contributed by atoms with Crippen LogP contribution in [0.5, 0.6) is 0 Å². The minimum absolute atomic E-state index is 0.364. The molecule has 4 rings (SSSR count). The van der Waals surface area contributed by atoms with Gasteiger partial charge in [-0.15, -0.1) is 0 Å². The van der Waals surface area contributed by atoms with Gasteiger partial charge in [-0.25, -0.2) is 18.1 Å². The van der Waals surface area contributed by atoms with Crippen LogP contribution >= 0.6 is 0 Å². The number of aromatic nitrogens is 3. The zero-order valence-electron chi connectivity index (χ0n) is 16.3. The van der Waals surface area contributed by atoms with Gasteiger partial charge in [0.1, 0.15) is 5.82 Å². The molecule has 0 bridgehead atoms. The van der Waals surface area contributed by atoms with Crippen molar-refractivity contribution in [1.29, 1.82) is 0 Å². The molecule has 2 heterocycles. The third kappa shape index (κ3) is 5.13. The van der Waals surface area contributed by atoms with Crippen molar-refractivity contribution in [3.05, 3.63) is 72.1 Å². The largest absolute Gasteiger partial charge is 0.359 e. The minimum atomic E-state index is -2.57. The van der Waals surface area contributed by atoms with Gasteiger partial charge in [0.2, 0.25) is 16.8 Å². The average Bonchev–Trinajstić information content (AvgIpc) is 3.08. The Morgan fingerprint density at radius 3 is 2.73 bits per heavy atom. The van der Waals surface area contributed by atoms with E-state index in [0.717, 1.165) is 33.5 Å². The molecule has 0 aliphatic rings. The molecule has 2 aromatic carbocycles. The Morgan fingerprint density at radius 2 is 1.87 bits per heavy atom. The summed E-state index contributed by atoms with van der Waals surface area (Å²) >= 11 is 0. The molecule has 8 nitrogen and oxygen atoms in total. The lowest BCUT2D eigenvalue weighted by Gasteiger charge is -2.10. The van der Waals surface area contributed by atoms with Gasteiger partial charge in [-0.1, -0.05) is 12.1 Å². The van der Waals surface area contributed by atoms with E-state index in [9.17, 15) is 8.42 Å². The number of hydrogen-bond donors (Lipinski definition) is 5. The number of thiol groups is 1. The van der Waals surface area contributed by atoms with Crippen LogP contribution in [0, 0.1) is 6.92 Å². The Labute approximate surface area is 175 Å². The number of H-pyrrole nitrogens is 1. The number of aromatic amines is 1. The molecule has 0 fully saturated rings. The number of rotatable bonds is 8. The molecular weight excluding hydrogens is 400 g/mol. The SMILES string of the molecule is Cc1cc2cc(Nc3ccnc(Nc4cccc(CCN[SH](=O)=O)c4)n3)ccc2[nH]1. The first-order valence-corrected chi connectivity index (χ1v) is 10.7. The number of nitrogens with one attached hydrogen (secondary N) is 4. The zero-order valence-corrected chi connectivity index (χ0v) is 17.2. The average molecular weight is 423 g/mol. The van der Waals surface area contributed by atoms with Crippen LogP contribution in [0.15, 0.2) is 60.8 Å². The van der Waals surface area contributed by atoms with Gasteiger partial charge in [-0.2, -0.15) is 4.98 Å². The molecule has 9 heteroatoms. The fourth-order valence-corrected chi connectivity index (χ4v) is 3.51. The highest BCUT2D eigenvalue weighted by atomic mass is 32.2. The van der Waals surface area contributed by atoms with Crippen molar-refractivity contribution >= 4 is 44.9 Å². The van der Waals surface area contributed by atoms with Crippen LogP contribution in [0.4, 0.5) is 23.1 Å². The lowest BCUT2D eigenvalue weighted by molar-refractivity contribution is 0.602. The highest BCUT2D eigenvalue weighted by Gasteiger charge is 2.04. The second-order valence-electron chi connectivity index (χ2n) is 6.89. The first-order chi connectivity index (χ1) is 14.5. The Morgan fingerprint density at radius 1 is 1.00 bits per heavy atom. The predicted molar refractivity (Wildman–Crippen MR) is 120 cm³/mol. The number of fused-ring (bicyclic) bond motifs is 1. The van der Waals surface area contributed by atoms with Gasteiger partial charge < -0.3 is 15.6 Å². The summed E-state index contributed by atoms with van der Waals surface area (Å²) in [6.07, 6.45) is 2.29. The Kier molecular flexibility index (Phi) is 5.92. The third-order valence-electron chi connectivity index (χ3n) is 4.52. The Bertz CT molecular complexity index is 1240. The standard InChI is InChI=1S/C21H22N6O2S/c1-14-11-16-13-18(5-6-19(16)24-14)25-20-8-9-22-21(27-20)26-17-4-2-3-15(12-17)7-10-23-30(28)29/h2-6,8-9,11-13,24,30H,7,10H2,1H3,(H,23,28,29)(H2,22,25,26,27). The fourth-order valence-electron chi connectivity index (χ4n) is 3.22. The molecular formula is C21H22N6O2S. The monoisotopic (exact) mass is 422 g/mol. The van der Waals surface area contributed by atoms with E-state index in [2.05, 4.69) is 42.4 Å². The van der Waals surface area contributed by atoms with E-state index >= 15 is 0 Å². The summed E-state index contributed by atoms with van der Waals surface area (Å²) in [6.45, 7) is 2.40. The number of nitrogens with zero attached hydrogens (tertiary/aromatic N) is 2. The summed E-state index contributed by atoms with van der Waals surface area (Å²) in [4.78, 5) is 12.1. The molecule has 0 unspecified atom stereocenters. The molecule has 0 aliphatic carbocycles. The van der Waals surface area contributed by atoms with Crippen LogP contribution in [0.25, 0.3) is 10.9 Å². The number of anilines is 4. The van der Waals surface area contributed by atoms with Crippen molar-refractivity contribution in [2.24, 2.45) is 0 Å². The van der Waals surface area contributed by atoms with E-state index in [0.29, 0.717) is 24.7 Å². The molecule has 0 spiro atoms. The van der Waals surface area contributed by atoms with Crippen molar-refractivity contribution in [1.82, 2.24) is 19.7 Å². The summed E-state index contributed by atoms with van der Waals surface area (Å²) in [6, 6.07) is 17.7. The second-order valence-corrected chi connectivity index (χ2v) is 7.72. The molecule has 0 amide bonds. The normalized spacial score (nSPS) is 11.1. The van der Waals surface area contributed by atoms with Crippen LogP contribution in [0.3, 0.4) is 0 Å². The van der Waals surface area contributed by atoms with E-state index in [1.165, 1.54) is 0 Å². The van der Waals surface area contributed by atoms with Gasteiger partial charge in [0.15, 0.2) is 0 Å². The van der Waals surface area contributed by atoms with Gasteiger partial charge in [0.05, 0.1) is 0 Å². The van der Waals surface area contributed by atoms with Crippen LogP contribution in [-0.4, -0.2) is 29.9 Å². The number of benzene rings is 2.